The highest BCUT2D eigenvalue weighted by atomic mass is 32.1. The summed E-state index contributed by atoms with van der Waals surface area (Å²) in [7, 11) is 1.68. The summed E-state index contributed by atoms with van der Waals surface area (Å²) < 4.78 is 5.27. The Balaban J connectivity index is 1.68. The van der Waals surface area contributed by atoms with Gasteiger partial charge in [0.15, 0.2) is 5.11 Å². The number of nitrogens with zero attached hydrogens (tertiary/aromatic N) is 2. The van der Waals surface area contributed by atoms with Crippen LogP contribution >= 0.6 is 23.6 Å². The van der Waals surface area contributed by atoms with Gasteiger partial charge in [-0.1, -0.05) is 18.2 Å². The summed E-state index contributed by atoms with van der Waals surface area (Å²) in [5.41, 5.74) is 2.20. The number of hydrogen-bond acceptors (Lipinski definition) is 4. The van der Waals surface area contributed by atoms with E-state index in [4.69, 9.17) is 17.0 Å². The highest BCUT2D eigenvalue weighted by Gasteiger charge is 2.40. The molecule has 0 aliphatic carbocycles. The van der Waals surface area contributed by atoms with Crippen LogP contribution < -0.4 is 10.1 Å². The summed E-state index contributed by atoms with van der Waals surface area (Å²) in [6.45, 7) is 2.87. The van der Waals surface area contributed by atoms with Gasteiger partial charge in [-0.3, -0.25) is 4.98 Å². The maximum Gasteiger partial charge on any atom is 0.170 e. The minimum absolute atomic E-state index is 0.0370. The Hall–Kier alpha value is -2.44. The van der Waals surface area contributed by atoms with Gasteiger partial charge in [-0.2, -0.15) is 0 Å². The van der Waals surface area contributed by atoms with E-state index in [1.165, 1.54) is 15.3 Å². The van der Waals surface area contributed by atoms with Crippen LogP contribution in [-0.2, 0) is 6.54 Å². The fourth-order valence-electron chi connectivity index (χ4n) is 3.42. The van der Waals surface area contributed by atoms with Gasteiger partial charge < -0.3 is 15.0 Å². The molecule has 0 bridgehead atoms. The Morgan fingerprint density at radius 3 is 2.59 bits per heavy atom. The van der Waals surface area contributed by atoms with E-state index in [0.717, 1.165) is 23.1 Å². The van der Waals surface area contributed by atoms with E-state index in [1.807, 2.05) is 41.8 Å². The molecule has 3 heterocycles. The van der Waals surface area contributed by atoms with Crippen LogP contribution in [0.4, 0.5) is 0 Å². The quantitative estimate of drug-likeness (QED) is 0.638. The second kappa shape index (κ2) is 7.66. The van der Waals surface area contributed by atoms with E-state index in [0.29, 0.717) is 0 Å². The number of aryl methyl sites for hydroxylation is 1. The van der Waals surface area contributed by atoms with Gasteiger partial charge in [-0.15, -0.1) is 11.3 Å². The lowest BCUT2D eigenvalue weighted by Gasteiger charge is -2.27. The van der Waals surface area contributed by atoms with Crippen LogP contribution in [-0.4, -0.2) is 22.1 Å². The van der Waals surface area contributed by atoms with E-state index in [2.05, 4.69) is 52.5 Å². The van der Waals surface area contributed by atoms with Gasteiger partial charge in [0, 0.05) is 22.5 Å². The zero-order chi connectivity index (χ0) is 18.8. The molecule has 0 amide bonds. The summed E-state index contributed by atoms with van der Waals surface area (Å²) in [5, 5.41) is 4.26. The van der Waals surface area contributed by atoms with E-state index >= 15 is 0 Å². The maximum atomic E-state index is 5.72. The van der Waals surface area contributed by atoms with Gasteiger partial charge in [-0.05, 0) is 61.1 Å². The van der Waals surface area contributed by atoms with Gasteiger partial charge in [0.1, 0.15) is 5.75 Å². The molecule has 1 aliphatic heterocycles. The molecule has 27 heavy (non-hydrogen) atoms. The number of ether oxygens (including phenoxy) is 1. The Morgan fingerprint density at radius 1 is 1.15 bits per heavy atom. The fourth-order valence-corrected chi connectivity index (χ4v) is 4.76. The van der Waals surface area contributed by atoms with Crippen molar-refractivity contribution in [1.82, 2.24) is 15.2 Å². The molecule has 0 radical (unpaired) electrons. The second-order valence-electron chi connectivity index (χ2n) is 6.55. The van der Waals surface area contributed by atoms with Gasteiger partial charge >= 0.3 is 0 Å². The largest absolute Gasteiger partial charge is 0.497 e. The first kappa shape index (κ1) is 17.9. The summed E-state index contributed by atoms with van der Waals surface area (Å²) in [6.07, 6.45) is 1.84. The van der Waals surface area contributed by atoms with E-state index < -0.39 is 0 Å². The number of thiocarbonyl (C=S) groups is 1. The van der Waals surface area contributed by atoms with Crippen molar-refractivity contribution in [2.24, 2.45) is 0 Å². The summed E-state index contributed by atoms with van der Waals surface area (Å²) in [5.74, 6) is 0.859. The zero-order valence-electron chi connectivity index (χ0n) is 15.3. The monoisotopic (exact) mass is 395 g/mol. The van der Waals surface area contributed by atoms with Gasteiger partial charge in [0.05, 0.1) is 24.9 Å². The van der Waals surface area contributed by atoms with Crippen LogP contribution in [0.5, 0.6) is 5.75 Å². The molecule has 3 aromatic rings. The SMILES string of the molecule is COc1ccc(CN2C(=S)N[C@H](c3ccccn3)[C@H]2c2ccc(C)s2)cc1. The van der Waals surface area contributed by atoms with Crippen molar-refractivity contribution >= 4 is 28.7 Å². The lowest BCUT2D eigenvalue weighted by molar-refractivity contribution is 0.315. The number of benzene rings is 1. The third-order valence-corrected chi connectivity index (χ3v) is 6.19. The normalized spacial score (nSPS) is 19.2. The molecule has 1 N–H and O–H groups in total. The van der Waals surface area contributed by atoms with Crippen molar-refractivity contribution < 1.29 is 4.74 Å². The van der Waals surface area contributed by atoms with E-state index in [1.54, 1.807) is 7.11 Å². The topological polar surface area (TPSA) is 37.4 Å². The molecule has 2 atom stereocenters. The van der Waals surface area contributed by atoms with Crippen LogP contribution in [0.25, 0.3) is 0 Å². The molecular formula is C21H21N3OS2. The number of rotatable bonds is 5. The van der Waals surface area contributed by atoms with Gasteiger partial charge in [0.25, 0.3) is 0 Å². The zero-order valence-corrected chi connectivity index (χ0v) is 16.9. The molecule has 1 aliphatic rings. The van der Waals surface area contributed by atoms with E-state index in [-0.39, 0.29) is 12.1 Å². The van der Waals surface area contributed by atoms with Crippen LogP contribution in [0.15, 0.2) is 60.8 Å². The van der Waals surface area contributed by atoms with Gasteiger partial charge in [0.2, 0.25) is 0 Å². The van der Waals surface area contributed by atoms with Gasteiger partial charge in [-0.25, -0.2) is 0 Å². The summed E-state index contributed by atoms with van der Waals surface area (Å²) in [4.78, 5) is 9.44. The summed E-state index contributed by atoms with van der Waals surface area (Å²) >= 11 is 7.53. The van der Waals surface area contributed by atoms with Crippen molar-refractivity contribution in [1.29, 1.82) is 0 Å². The standard InChI is InChI=1S/C21H21N3OS2/c1-14-6-11-18(27-14)20-19(17-5-3-4-12-22-17)23-21(26)24(20)13-15-7-9-16(25-2)10-8-15/h3-12,19-20H,13H2,1-2H3,(H,23,26)/t19-,20-/m1/s1. The van der Waals surface area contributed by atoms with Crippen LogP contribution in [0.2, 0.25) is 0 Å². The molecule has 6 heteroatoms. The molecule has 2 aromatic heterocycles. The molecule has 0 spiro atoms. The maximum absolute atomic E-state index is 5.72. The molecular weight excluding hydrogens is 374 g/mol. The highest BCUT2D eigenvalue weighted by molar-refractivity contribution is 7.80. The first-order valence-corrected chi connectivity index (χ1v) is 10.1. The lowest BCUT2D eigenvalue weighted by atomic mass is 10.0. The Bertz CT molecular complexity index is 924. The van der Waals surface area contributed by atoms with Crippen LogP contribution in [0.1, 0.15) is 33.1 Å². The van der Waals surface area contributed by atoms with Crippen molar-refractivity contribution in [3.05, 3.63) is 81.8 Å². The molecule has 0 unspecified atom stereocenters. The smallest absolute Gasteiger partial charge is 0.170 e. The molecule has 4 rings (SSSR count). The minimum atomic E-state index is 0.0370. The average molecular weight is 396 g/mol. The first-order valence-electron chi connectivity index (χ1n) is 8.83. The Labute approximate surface area is 168 Å². The summed E-state index contributed by atoms with van der Waals surface area (Å²) in [6, 6.07) is 18.7. The number of hydrogen-bond donors (Lipinski definition) is 1. The molecule has 1 fully saturated rings. The van der Waals surface area contributed by atoms with Crippen molar-refractivity contribution in [3.63, 3.8) is 0 Å². The van der Waals surface area contributed by atoms with Crippen molar-refractivity contribution in [2.45, 2.75) is 25.6 Å². The number of thiophene rings is 1. The number of aromatic nitrogens is 1. The molecule has 138 valence electrons. The number of methoxy groups -OCH3 is 1. The number of pyridine rings is 1. The third kappa shape index (κ3) is 3.68. The molecule has 0 saturated carbocycles. The van der Waals surface area contributed by atoms with Crippen LogP contribution in [0, 0.1) is 6.92 Å². The minimum Gasteiger partial charge on any atom is -0.497 e. The third-order valence-electron chi connectivity index (χ3n) is 4.76. The Morgan fingerprint density at radius 2 is 1.96 bits per heavy atom. The highest BCUT2D eigenvalue weighted by Crippen LogP contribution is 2.41. The first-order chi connectivity index (χ1) is 13.2. The average Bonchev–Trinajstić information content (AvgIpc) is 3.26. The Kier molecular flexibility index (Phi) is 5.09. The second-order valence-corrected chi connectivity index (χ2v) is 8.26. The molecule has 1 saturated heterocycles. The van der Waals surface area contributed by atoms with Crippen molar-refractivity contribution in [2.75, 3.05) is 7.11 Å². The van der Waals surface area contributed by atoms with Crippen molar-refractivity contribution in [3.8, 4) is 5.75 Å². The number of nitrogens with one attached hydrogen (secondary N) is 1. The fraction of sp³-hybridized carbons (Fsp3) is 0.238. The van der Waals surface area contributed by atoms with E-state index in [9.17, 15) is 0 Å². The predicted molar refractivity (Wildman–Crippen MR) is 113 cm³/mol. The van der Waals surface area contributed by atoms with Crippen LogP contribution in [0.3, 0.4) is 0 Å². The molecule has 4 nitrogen and oxygen atoms in total. The predicted octanol–water partition coefficient (Wildman–Crippen LogP) is 4.63. The lowest BCUT2D eigenvalue weighted by Crippen LogP contribution is -2.28. The molecule has 1 aromatic carbocycles.